The minimum atomic E-state index is -0.0660. The molecule has 0 saturated heterocycles. The predicted molar refractivity (Wildman–Crippen MR) is 78.2 cm³/mol. The van der Waals surface area contributed by atoms with Crippen LogP contribution in [0.5, 0.6) is 0 Å². The Hall–Kier alpha value is -2.00. The fourth-order valence-corrected chi connectivity index (χ4v) is 1.84. The Kier molecular flexibility index (Phi) is 4.81. The van der Waals surface area contributed by atoms with Gasteiger partial charge >= 0.3 is 0 Å². The van der Waals surface area contributed by atoms with Crippen LogP contribution in [0.25, 0.3) is 0 Å². The molecule has 98 valence electrons. The summed E-state index contributed by atoms with van der Waals surface area (Å²) in [6.45, 7) is 0.684. The predicted octanol–water partition coefficient (Wildman–Crippen LogP) is 3.07. The lowest BCUT2D eigenvalue weighted by Gasteiger charge is -2.08. The first-order chi connectivity index (χ1) is 9.25. The topological polar surface area (TPSA) is 41.1 Å². The van der Waals surface area contributed by atoms with E-state index in [-0.39, 0.29) is 12.5 Å². The van der Waals surface area contributed by atoms with E-state index in [2.05, 4.69) is 10.6 Å². The Balaban J connectivity index is 1.78. The van der Waals surface area contributed by atoms with Crippen LogP contribution in [0.2, 0.25) is 5.02 Å². The zero-order valence-electron chi connectivity index (χ0n) is 10.4. The summed E-state index contributed by atoms with van der Waals surface area (Å²) in [6, 6.07) is 17.1. The van der Waals surface area contributed by atoms with Crippen molar-refractivity contribution in [3.63, 3.8) is 0 Å². The van der Waals surface area contributed by atoms with Gasteiger partial charge in [0.15, 0.2) is 0 Å². The SMILES string of the molecule is O=C(CNc1ccccc1)NCc1ccccc1Cl. The van der Waals surface area contributed by atoms with Gasteiger partial charge in [0, 0.05) is 17.3 Å². The Morgan fingerprint density at radius 1 is 1.00 bits per heavy atom. The number of benzene rings is 2. The third-order valence-electron chi connectivity index (χ3n) is 2.66. The van der Waals surface area contributed by atoms with Crippen LogP contribution < -0.4 is 10.6 Å². The van der Waals surface area contributed by atoms with Crippen molar-refractivity contribution in [3.05, 3.63) is 65.2 Å². The molecule has 0 saturated carbocycles. The first-order valence-electron chi connectivity index (χ1n) is 6.05. The van der Waals surface area contributed by atoms with E-state index in [4.69, 9.17) is 11.6 Å². The molecular formula is C15H15ClN2O. The molecule has 0 unspecified atom stereocenters. The Morgan fingerprint density at radius 3 is 2.42 bits per heavy atom. The number of para-hydroxylation sites is 1. The van der Waals surface area contributed by atoms with Gasteiger partial charge in [-0.1, -0.05) is 48.0 Å². The number of carbonyl (C=O) groups is 1. The summed E-state index contributed by atoms with van der Waals surface area (Å²) < 4.78 is 0. The highest BCUT2D eigenvalue weighted by molar-refractivity contribution is 6.31. The van der Waals surface area contributed by atoms with Gasteiger partial charge in [-0.05, 0) is 23.8 Å². The van der Waals surface area contributed by atoms with Gasteiger partial charge in [-0.2, -0.15) is 0 Å². The minimum Gasteiger partial charge on any atom is -0.376 e. The highest BCUT2D eigenvalue weighted by Crippen LogP contribution is 2.14. The van der Waals surface area contributed by atoms with Crippen molar-refractivity contribution in [1.82, 2.24) is 5.32 Å². The molecule has 4 heteroatoms. The summed E-state index contributed by atoms with van der Waals surface area (Å²) in [6.07, 6.45) is 0. The molecule has 0 radical (unpaired) electrons. The second-order valence-corrected chi connectivity index (χ2v) is 4.49. The number of rotatable bonds is 5. The first-order valence-corrected chi connectivity index (χ1v) is 6.42. The Labute approximate surface area is 117 Å². The highest BCUT2D eigenvalue weighted by Gasteiger charge is 2.03. The van der Waals surface area contributed by atoms with Crippen molar-refractivity contribution in [1.29, 1.82) is 0 Å². The summed E-state index contributed by atoms with van der Waals surface area (Å²) >= 11 is 6.01. The Morgan fingerprint density at radius 2 is 1.68 bits per heavy atom. The van der Waals surface area contributed by atoms with E-state index < -0.39 is 0 Å². The molecule has 0 bridgehead atoms. The molecule has 0 aliphatic carbocycles. The number of hydrogen-bond donors (Lipinski definition) is 2. The minimum absolute atomic E-state index is 0.0660. The van der Waals surface area contributed by atoms with Gasteiger partial charge in [0.1, 0.15) is 0 Å². The van der Waals surface area contributed by atoms with Crippen LogP contribution in [0, 0.1) is 0 Å². The van der Waals surface area contributed by atoms with Gasteiger partial charge in [0.05, 0.1) is 6.54 Å². The molecule has 0 heterocycles. The molecule has 0 spiro atoms. The molecule has 0 aliphatic heterocycles. The fraction of sp³-hybridized carbons (Fsp3) is 0.133. The highest BCUT2D eigenvalue weighted by atomic mass is 35.5. The van der Waals surface area contributed by atoms with Crippen molar-refractivity contribution >= 4 is 23.2 Å². The first kappa shape index (κ1) is 13.4. The van der Waals surface area contributed by atoms with Gasteiger partial charge in [0.2, 0.25) is 5.91 Å². The molecule has 0 aliphatic rings. The zero-order valence-corrected chi connectivity index (χ0v) is 11.2. The lowest BCUT2D eigenvalue weighted by molar-refractivity contribution is -0.119. The van der Waals surface area contributed by atoms with Gasteiger partial charge in [-0.3, -0.25) is 4.79 Å². The van der Waals surface area contributed by atoms with E-state index in [1.54, 1.807) is 0 Å². The van der Waals surface area contributed by atoms with Crippen molar-refractivity contribution < 1.29 is 4.79 Å². The molecule has 2 rings (SSSR count). The van der Waals surface area contributed by atoms with Gasteiger partial charge in [0.25, 0.3) is 0 Å². The average molecular weight is 275 g/mol. The smallest absolute Gasteiger partial charge is 0.239 e. The molecule has 19 heavy (non-hydrogen) atoms. The van der Waals surface area contributed by atoms with Crippen molar-refractivity contribution in [2.24, 2.45) is 0 Å². The number of hydrogen-bond acceptors (Lipinski definition) is 2. The lowest BCUT2D eigenvalue weighted by Crippen LogP contribution is -2.29. The van der Waals surface area contributed by atoms with Crippen LogP contribution in [0.4, 0.5) is 5.69 Å². The largest absolute Gasteiger partial charge is 0.376 e. The number of carbonyl (C=O) groups excluding carboxylic acids is 1. The summed E-state index contributed by atoms with van der Waals surface area (Å²) in [5.41, 5.74) is 1.84. The number of amides is 1. The van der Waals surface area contributed by atoms with E-state index in [9.17, 15) is 4.79 Å². The third-order valence-corrected chi connectivity index (χ3v) is 3.03. The van der Waals surface area contributed by atoms with Crippen LogP contribution in [0.1, 0.15) is 5.56 Å². The molecule has 0 fully saturated rings. The molecule has 2 aromatic carbocycles. The van der Waals surface area contributed by atoms with Crippen LogP contribution in [-0.4, -0.2) is 12.5 Å². The van der Waals surface area contributed by atoms with E-state index in [0.717, 1.165) is 11.3 Å². The van der Waals surface area contributed by atoms with Crippen molar-refractivity contribution in [3.8, 4) is 0 Å². The molecule has 2 aromatic rings. The molecule has 2 N–H and O–H groups in total. The van der Waals surface area contributed by atoms with E-state index in [0.29, 0.717) is 11.6 Å². The summed E-state index contributed by atoms with van der Waals surface area (Å²) in [7, 11) is 0. The fourth-order valence-electron chi connectivity index (χ4n) is 1.64. The maximum absolute atomic E-state index is 11.7. The zero-order chi connectivity index (χ0) is 13.5. The Bertz CT molecular complexity index is 543. The maximum Gasteiger partial charge on any atom is 0.239 e. The molecule has 0 atom stereocenters. The van der Waals surface area contributed by atoms with E-state index >= 15 is 0 Å². The number of halogens is 1. The second kappa shape index (κ2) is 6.81. The van der Waals surface area contributed by atoms with Crippen LogP contribution in [-0.2, 0) is 11.3 Å². The molecular weight excluding hydrogens is 260 g/mol. The standard InChI is InChI=1S/C15H15ClN2O/c16-14-9-5-4-6-12(14)10-18-15(19)11-17-13-7-2-1-3-8-13/h1-9,17H,10-11H2,(H,18,19). The molecule has 3 nitrogen and oxygen atoms in total. The van der Waals surface area contributed by atoms with Crippen LogP contribution in [0.3, 0.4) is 0 Å². The molecule has 0 aromatic heterocycles. The van der Waals surface area contributed by atoms with Crippen molar-refractivity contribution in [2.75, 3.05) is 11.9 Å². The summed E-state index contributed by atoms with van der Waals surface area (Å²) in [4.78, 5) is 11.7. The monoisotopic (exact) mass is 274 g/mol. The average Bonchev–Trinajstić information content (AvgIpc) is 2.45. The van der Waals surface area contributed by atoms with E-state index in [1.807, 2.05) is 54.6 Å². The number of anilines is 1. The maximum atomic E-state index is 11.7. The quantitative estimate of drug-likeness (QED) is 0.880. The van der Waals surface area contributed by atoms with Gasteiger partial charge < -0.3 is 10.6 Å². The summed E-state index contributed by atoms with van der Waals surface area (Å²) in [5.74, 6) is -0.0660. The van der Waals surface area contributed by atoms with Gasteiger partial charge in [-0.25, -0.2) is 0 Å². The summed E-state index contributed by atoms with van der Waals surface area (Å²) in [5, 5.41) is 6.54. The lowest BCUT2D eigenvalue weighted by atomic mass is 10.2. The number of nitrogens with one attached hydrogen (secondary N) is 2. The third kappa shape index (κ3) is 4.30. The molecule has 1 amide bonds. The van der Waals surface area contributed by atoms with Crippen molar-refractivity contribution in [2.45, 2.75) is 6.54 Å². The normalized spacial score (nSPS) is 9.95. The second-order valence-electron chi connectivity index (χ2n) is 4.09. The van der Waals surface area contributed by atoms with Gasteiger partial charge in [-0.15, -0.1) is 0 Å². The van der Waals surface area contributed by atoms with Crippen LogP contribution in [0.15, 0.2) is 54.6 Å². The van der Waals surface area contributed by atoms with E-state index in [1.165, 1.54) is 0 Å². The van der Waals surface area contributed by atoms with Crippen LogP contribution >= 0.6 is 11.6 Å².